The number of urea groups is 1. The number of amides is 3. The highest BCUT2D eigenvalue weighted by atomic mass is 32.1. The lowest BCUT2D eigenvalue weighted by Gasteiger charge is -2.34. The molecule has 0 unspecified atom stereocenters. The van der Waals surface area contributed by atoms with Gasteiger partial charge in [0, 0.05) is 51.0 Å². The number of benzene rings is 1. The van der Waals surface area contributed by atoms with Crippen molar-refractivity contribution in [1.29, 1.82) is 0 Å². The summed E-state index contributed by atoms with van der Waals surface area (Å²) in [6.45, 7) is 4.44. The Bertz CT molecular complexity index is 834. The molecule has 0 saturated carbocycles. The molecular weight excluding hydrogens is 380 g/mol. The molecule has 28 heavy (non-hydrogen) atoms. The Balaban J connectivity index is 1.18. The van der Waals surface area contributed by atoms with E-state index < -0.39 is 0 Å². The van der Waals surface area contributed by atoms with Gasteiger partial charge in [0.2, 0.25) is 6.79 Å². The van der Waals surface area contributed by atoms with Gasteiger partial charge in [0.1, 0.15) is 0 Å². The third-order valence-corrected chi connectivity index (χ3v) is 5.61. The number of carbonyl (C=O) groups is 2. The maximum absolute atomic E-state index is 12.5. The molecule has 1 fully saturated rings. The van der Waals surface area contributed by atoms with Crippen LogP contribution in [-0.2, 0) is 0 Å². The molecule has 1 aromatic heterocycles. The Hall–Kier alpha value is -2.78. The minimum absolute atomic E-state index is 0.0308. The molecule has 0 aliphatic carbocycles. The second-order valence-electron chi connectivity index (χ2n) is 6.56. The van der Waals surface area contributed by atoms with Gasteiger partial charge in [-0.3, -0.25) is 9.69 Å². The molecule has 1 saturated heterocycles. The number of anilines is 1. The van der Waals surface area contributed by atoms with Gasteiger partial charge >= 0.3 is 6.03 Å². The molecule has 8 nitrogen and oxygen atoms in total. The van der Waals surface area contributed by atoms with E-state index in [0.717, 1.165) is 24.5 Å². The van der Waals surface area contributed by atoms with Gasteiger partial charge in [-0.25, -0.2) is 4.79 Å². The number of hydrogen-bond acceptors (Lipinski definition) is 6. The zero-order valence-electron chi connectivity index (χ0n) is 15.3. The number of carbonyl (C=O) groups excluding carboxylic acids is 2. The summed E-state index contributed by atoms with van der Waals surface area (Å²) < 4.78 is 10.6. The molecule has 9 heteroatoms. The summed E-state index contributed by atoms with van der Waals surface area (Å²) in [7, 11) is 0. The van der Waals surface area contributed by atoms with Crippen LogP contribution in [0.15, 0.2) is 35.7 Å². The highest BCUT2D eigenvalue weighted by Gasteiger charge is 2.22. The maximum atomic E-state index is 12.5. The summed E-state index contributed by atoms with van der Waals surface area (Å²) in [5, 5.41) is 7.73. The summed E-state index contributed by atoms with van der Waals surface area (Å²) in [6.07, 6.45) is 0. The number of hydrogen-bond donors (Lipinski definition) is 2. The lowest BCUT2D eigenvalue weighted by Crippen LogP contribution is -2.51. The first-order valence-electron chi connectivity index (χ1n) is 9.19. The Labute approximate surface area is 167 Å². The number of ether oxygens (including phenoxy) is 2. The third-order valence-electron chi connectivity index (χ3n) is 4.74. The first-order valence-corrected chi connectivity index (χ1v) is 10.1. The summed E-state index contributed by atoms with van der Waals surface area (Å²) in [5.74, 6) is 1.31. The molecule has 0 spiro atoms. The van der Waals surface area contributed by atoms with Crippen molar-refractivity contribution in [3.63, 3.8) is 0 Å². The van der Waals surface area contributed by atoms with Crippen molar-refractivity contribution in [3.05, 3.63) is 40.6 Å². The normalized spacial score (nSPS) is 16.1. The zero-order chi connectivity index (χ0) is 19.3. The Morgan fingerprint density at radius 2 is 1.89 bits per heavy atom. The van der Waals surface area contributed by atoms with Crippen LogP contribution in [0.1, 0.15) is 9.67 Å². The van der Waals surface area contributed by atoms with Crippen molar-refractivity contribution in [1.82, 2.24) is 15.1 Å². The Morgan fingerprint density at radius 3 is 2.68 bits per heavy atom. The molecule has 2 N–H and O–H groups in total. The fraction of sp³-hybridized carbons (Fsp3) is 0.368. The summed E-state index contributed by atoms with van der Waals surface area (Å²) in [5.41, 5.74) is 0.688. The fourth-order valence-electron chi connectivity index (χ4n) is 3.17. The lowest BCUT2D eigenvalue weighted by molar-refractivity contribution is 0.0946. The van der Waals surface area contributed by atoms with E-state index in [0.29, 0.717) is 36.8 Å². The van der Waals surface area contributed by atoms with Crippen LogP contribution in [0.2, 0.25) is 0 Å². The van der Waals surface area contributed by atoms with E-state index in [1.54, 1.807) is 23.1 Å². The average molecular weight is 402 g/mol. The molecule has 3 amide bonds. The highest BCUT2D eigenvalue weighted by Crippen LogP contribution is 2.34. The van der Waals surface area contributed by atoms with E-state index in [1.165, 1.54) is 11.3 Å². The zero-order valence-corrected chi connectivity index (χ0v) is 16.2. The quantitative estimate of drug-likeness (QED) is 0.800. The predicted octanol–water partition coefficient (Wildman–Crippen LogP) is 2.06. The van der Waals surface area contributed by atoms with Gasteiger partial charge in [-0.05, 0) is 23.6 Å². The molecule has 3 heterocycles. The van der Waals surface area contributed by atoms with E-state index in [2.05, 4.69) is 15.5 Å². The van der Waals surface area contributed by atoms with Crippen molar-refractivity contribution in [3.8, 4) is 11.5 Å². The molecule has 0 bridgehead atoms. The number of piperazine rings is 1. The molecule has 148 valence electrons. The molecule has 4 rings (SSSR count). The molecule has 0 atom stereocenters. The second kappa shape index (κ2) is 8.49. The summed E-state index contributed by atoms with van der Waals surface area (Å²) in [4.78, 5) is 29.2. The van der Waals surface area contributed by atoms with Gasteiger partial charge in [0.05, 0.1) is 4.88 Å². The van der Waals surface area contributed by atoms with Crippen molar-refractivity contribution in [2.24, 2.45) is 0 Å². The third kappa shape index (κ3) is 4.37. The summed E-state index contributed by atoms with van der Waals surface area (Å²) >= 11 is 1.44. The Kier molecular flexibility index (Phi) is 5.63. The number of nitrogens with one attached hydrogen (secondary N) is 2. The van der Waals surface area contributed by atoms with E-state index in [-0.39, 0.29) is 18.7 Å². The van der Waals surface area contributed by atoms with Crippen molar-refractivity contribution in [2.45, 2.75) is 0 Å². The first-order chi connectivity index (χ1) is 13.7. The number of fused-ring (bicyclic) bond motifs is 1. The largest absolute Gasteiger partial charge is 0.454 e. The summed E-state index contributed by atoms with van der Waals surface area (Å²) in [6, 6.07) is 8.93. The number of thiophene rings is 1. The maximum Gasteiger partial charge on any atom is 0.321 e. The van der Waals surface area contributed by atoms with Gasteiger partial charge in [-0.15, -0.1) is 11.3 Å². The van der Waals surface area contributed by atoms with E-state index >= 15 is 0 Å². The van der Waals surface area contributed by atoms with Gasteiger partial charge in [0.15, 0.2) is 11.5 Å². The molecular formula is C19H22N4O4S. The van der Waals surface area contributed by atoms with E-state index in [9.17, 15) is 9.59 Å². The second-order valence-corrected chi connectivity index (χ2v) is 7.51. The van der Waals surface area contributed by atoms with Crippen LogP contribution >= 0.6 is 11.3 Å². The van der Waals surface area contributed by atoms with Gasteiger partial charge in [-0.2, -0.15) is 0 Å². The smallest absolute Gasteiger partial charge is 0.321 e. The fourth-order valence-corrected chi connectivity index (χ4v) is 3.81. The lowest BCUT2D eigenvalue weighted by atomic mass is 10.2. The topological polar surface area (TPSA) is 83.1 Å². The minimum atomic E-state index is -0.121. The van der Waals surface area contributed by atoms with Crippen molar-refractivity contribution < 1.29 is 19.1 Å². The minimum Gasteiger partial charge on any atom is -0.454 e. The van der Waals surface area contributed by atoms with Crippen LogP contribution in [0.25, 0.3) is 0 Å². The number of rotatable bonds is 5. The van der Waals surface area contributed by atoms with Crippen LogP contribution < -0.4 is 20.1 Å². The van der Waals surface area contributed by atoms with Crippen LogP contribution in [0.4, 0.5) is 10.5 Å². The van der Waals surface area contributed by atoms with Crippen LogP contribution in [0, 0.1) is 0 Å². The standard InChI is InChI=1S/C19H22N4O4S/c24-18(17-2-1-11-28-17)20-5-6-22-7-9-23(10-8-22)19(25)21-14-3-4-15-16(12-14)27-13-26-15/h1-4,11-12H,5-10,13H2,(H,20,24)(H,21,25). The van der Waals surface area contributed by atoms with Gasteiger partial charge in [0.25, 0.3) is 5.91 Å². The number of nitrogens with zero attached hydrogens (tertiary/aromatic N) is 2. The Morgan fingerprint density at radius 1 is 1.07 bits per heavy atom. The molecule has 0 radical (unpaired) electrons. The van der Waals surface area contributed by atoms with Crippen LogP contribution in [0.3, 0.4) is 0 Å². The van der Waals surface area contributed by atoms with Crippen LogP contribution in [0.5, 0.6) is 11.5 Å². The molecule has 2 aliphatic heterocycles. The monoisotopic (exact) mass is 402 g/mol. The first kappa shape index (κ1) is 18.6. The van der Waals surface area contributed by atoms with Crippen LogP contribution in [-0.4, -0.2) is 67.8 Å². The van der Waals surface area contributed by atoms with Gasteiger partial charge in [-0.1, -0.05) is 6.07 Å². The molecule has 2 aliphatic rings. The van der Waals surface area contributed by atoms with Gasteiger partial charge < -0.3 is 25.0 Å². The highest BCUT2D eigenvalue weighted by molar-refractivity contribution is 7.12. The van der Waals surface area contributed by atoms with Crippen molar-refractivity contribution >= 4 is 29.0 Å². The van der Waals surface area contributed by atoms with E-state index in [1.807, 2.05) is 17.5 Å². The van der Waals surface area contributed by atoms with E-state index in [4.69, 9.17) is 9.47 Å². The van der Waals surface area contributed by atoms with Crippen molar-refractivity contribution in [2.75, 3.05) is 51.4 Å². The molecule has 1 aromatic carbocycles. The SMILES string of the molecule is O=C(NCCN1CCN(C(=O)Nc2ccc3c(c2)OCO3)CC1)c1cccs1. The average Bonchev–Trinajstić information content (AvgIpc) is 3.40. The predicted molar refractivity (Wildman–Crippen MR) is 106 cm³/mol. The molecule has 2 aromatic rings.